The van der Waals surface area contributed by atoms with Crippen LogP contribution in [-0.4, -0.2) is 34.3 Å². The fraction of sp³-hybridized carbons (Fsp3) is 0.158. The molecule has 0 unspecified atom stereocenters. The second-order valence-corrected chi connectivity index (χ2v) is 7.86. The molecule has 1 N–H and O–H groups in total. The lowest BCUT2D eigenvalue weighted by Gasteiger charge is -2.13. The highest BCUT2D eigenvalue weighted by molar-refractivity contribution is 14.1. The Morgan fingerprint density at radius 3 is 2.62 bits per heavy atom. The van der Waals surface area contributed by atoms with Gasteiger partial charge in [0.05, 0.1) is 15.0 Å². The predicted octanol–water partition coefficient (Wildman–Crippen LogP) is 4.42. The van der Waals surface area contributed by atoms with Crippen molar-refractivity contribution in [2.24, 2.45) is 0 Å². The summed E-state index contributed by atoms with van der Waals surface area (Å²) in [7, 11) is 0. The zero-order chi connectivity index (χ0) is 18.7. The van der Waals surface area contributed by atoms with Crippen LogP contribution < -0.4 is 4.74 Å². The third kappa shape index (κ3) is 4.39. The Kier molecular flexibility index (Phi) is 5.87. The maximum absolute atomic E-state index is 12.5. The summed E-state index contributed by atoms with van der Waals surface area (Å²) < 4.78 is 6.28. The number of imide groups is 1. The molecule has 7 heteroatoms. The molecule has 1 fully saturated rings. The second-order valence-electron chi connectivity index (χ2n) is 5.71. The number of amides is 2. The molecule has 26 heavy (non-hydrogen) atoms. The van der Waals surface area contributed by atoms with Crippen LogP contribution in [0.1, 0.15) is 11.1 Å². The van der Waals surface area contributed by atoms with Crippen molar-refractivity contribution in [3.8, 4) is 11.5 Å². The molecular weight excluding hydrogens is 465 g/mol. The minimum Gasteiger partial charge on any atom is -0.507 e. The van der Waals surface area contributed by atoms with Gasteiger partial charge in [0.25, 0.3) is 11.1 Å². The van der Waals surface area contributed by atoms with Gasteiger partial charge in [0, 0.05) is 0 Å². The van der Waals surface area contributed by atoms with E-state index in [9.17, 15) is 14.7 Å². The first kappa shape index (κ1) is 18.8. The van der Waals surface area contributed by atoms with Crippen LogP contribution in [0.2, 0.25) is 0 Å². The molecule has 3 rings (SSSR count). The van der Waals surface area contributed by atoms with Gasteiger partial charge in [-0.25, -0.2) is 0 Å². The summed E-state index contributed by atoms with van der Waals surface area (Å²) in [4.78, 5) is 26.1. The number of carbonyl (C=O) groups excluding carboxylic acids is 2. The van der Waals surface area contributed by atoms with Crippen LogP contribution in [0.15, 0.2) is 47.4 Å². The predicted molar refractivity (Wildman–Crippen MR) is 110 cm³/mol. The molecule has 0 bridgehead atoms. The lowest BCUT2D eigenvalue weighted by atomic mass is 10.2. The average Bonchev–Trinajstić information content (AvgIpc) is 2.87. The van der Waals surface area contributed by atoms with E-state index in [4.69, 9.17) is 4.74 Å². The molecule has 0 radical (unpaired) electrons. The zero-order valence-electron chi connectivity index (χ0n) is 13.9. The highest BCUT2D eigenvalue weighted by atomic mass is 127. The molecule has 1 aliphatic rings. The lowest BCUT2D eigenvalue weighted by Crippen LogP contribution is -2.32. The molecule has 1 saturated heterocycles. The maximum Gasteiger partial charge on any atom is 0.293 e. The van der Waals surface area contributed by atoms with Crippen molar-refractivity contribution in [3.63, 3.8) is 0 Å². The lowest BCUT2D eigenvalue weighted by molar-refractivity contribution is -0.123. The largest absolute Gasteiger partial charge is 0.507 e. The summed E-state index contributed by atoms with van der Waals surface area (Å²) in [5.74, 6) is 0.566. The number of aromatic hydroxyl groups is 1. The highest BCUT2D eigenvalue weighted by Crippen LogP contribution is 2.32. The van der Waals surface area contributed by atoms with Gasteiger partial charge in [-0.1, -0.05) is 23.8 Å². The summed E-state index contributed by atoms with van der Waals surface area (Å²) in [5, 5.41) is 9.27. The van der Waals surface area contributed by atoms with E-state index in [-0.39, 0.29) is 30.0 Å². The molecular formula is C19H16INO4S. The van der Waals surface area contributed by atoms with Gasteiger partial charge in [0.2, 0.25) is 0 Å². The molecule has 0 atom stereocenters. The van der Waals surface area contributed by atoms with Crippen LogP contribution in [0.3, 0.4) is 0 Å². The second kappa shape index (κ2) is 8.13. The third-order valence-corrected chi connectivity index (χ3v) is 5.52. The summed E-state index contributed by atoms with van der Waals surface area (Å²) in [5.41, 5.74) is 1.89. The Balaban J connectivity index is 1.63. The summed E-state index contributed by atoms with van der Waals surface area (Å²) in [6, 6.07) is 12.6. The first-order valence-corrected chi connectivity index (χ1v) is 9.77. The summed E-state index contributed by atoms with van der Waals surface area (Å²) in [6.45, 7) is 2.43. The van der Waals surface area contributed by atoms with Gasteiger partial charge >= 0.3 is 0 Å². The Morgan fingerprint density at radius 2 is 1.92 bits per heavy atom. The van der Waals surface area contributed by atoms with Gasteiger partial charge in [0.1, 0.15) is 18.1 Å². The van der Waals surface area contributed by atoms with Crippen molar-refractivity contribution in [3.05, 3.63) is 62.1 Å². The standard InChI is InChI=1S/C19H16INO4S/c1-12-2-5-14(6-3-12)25-9-8-21-18(23)17(26-19(21)24)11-13-4-7-16(22)15(20)10-13/h2-7,10-11,22H,8-9H2,1H3/b17-11-. The molecule has 0 aromatic heterocycles. The molecule has 2 amide bonds. The number of phenolic OH excluding ortho intramolecular Hbond substituents is 1. The Morgan fingerprint density at radius 1 is 1.19 bits per heavy atom. The SMILES string of the molecule is Cc1ccc(OCCN2C(=O)S/C(=C\c3ccc(O)c(I)c3)C2=O)cc1. The number of aryl methyl sites for hydroxylation is 1. The molecule has 0 saturated carbocycles. The normalized spacial score (nSPS) is 15.8. The van der Waals surface area contributed by atoms with Crippen molar-refractivity contribution >= 4 is 51.6 Å². The first-order chi connectivity index (χ1) is 12.4. The molecule has 1 heterocycles. The first-order valence-electron chi connectivity index (χ1n) is 7.87. The molecule has 0 spiro atoms. The number of carbonyl (C=O) groups is 2. The van der Waals surface area contributed by atoms with E-state index in [1.807, 2.05) is 53.8 Å². The van der Waals surface area contributed by atoms with Crippen molar-refractivity contribution in [1.82, 2.24) is 4.90 Å². The van der Waals surface area contributed by atoms with E-state index in [1.54, 1.807) is 24.3 Å². The van der Waals surface area contributed by atoms with Gasteiger partial charge in [-0.05, 0) is 77.2 Å². The van der Waals surface area contributed by atoms with Gasteiger partial charge in [-0.3, -0.25) is 14.5 Å². The number of halogens is 1. The van der Waals surface area contributed by atoms with Crippen LogP contribution in [0.25, 0.3) is 6.08 Å². The molecule has 5 nitrogen and oxygen atoms in total. The zero-order valence-corrected chi connectivity index (χ0v) is 16.9. The van der Waals surface area contributed by atoms with E-state index in [0.717, 1.165) is 22.9 Å². The Bertz CT molecular complexity index is 880. The maximum atomic E-state index is 12.5. The minimum absolute atomic E-state index is 0.184. The minimum atomic E-state index is -0.324. The van der Waals surface area contributed by atoms with Gasteiger partial charge < -0.3 is 9.84 Å². The van der Waals surface area contributed by atoms with Gasteiger partial charge in [0.15, 0.2) is 0 Å². The Labute approximate surface area is 169 Å². The van der Waals surface area contributed by atoms with Crippen LogP contribution >= 0.6 is 34.4 Å². The number of hydrogen-bond acceptors (Lipinski definition) is 5. The van der Waals surface area contributed by atoms with Crippen LogP contribution in [0, 0.1) is 10.5 Å². The van der Waals surface area contributed by atoms with Crippen LogP contribution in [-0.2, 0) is 4.79 Å². The van der Waals surface area contributed by atoms with Crippen molar-refractivity contribution in [2.75, 3.05) is 13.2 Å². The quantitative estimate of drug-likeness (QED) is 0.506. The molecule has 0 aliphatic carbocycles. The fourth-order valence-electron chi connectivity index (χ4n) is 2.35. The number of thioether (sulfide) groups is 1. The summed E-state index contributed by atoms with van der Waals surface area (Å²) in [6.07, 6.45) is 1.66. The van der Waals surface area contributed by atoms with E-state index < -0.39 is 0 Å². The van der Waals surface area contributed by atoms with Crippen LogP contribution in [0.4, 0.5) is 4.79 Å². The van der Waals surface area contributed by atoms with Gasteiger partial charge in [-0.2, -0.15) is 0 Å². The number of benzene rings is 2. The van der Waals surface area contributed by atoms with E-state index in [2.05, 4.69) is 0 Å². The smallest absolute Gasteiger partial charge is 0.293 e. The highest BCUT2D eigenvalue weighted by Gasteiger charge is 2.34. The number of hydrogen-bond donors (Lipinski definition) is 1. The topological polar surface area (TPSA) is 66.8 Å². The average molecular weight is 481 g/mol. The molecule has 2 aromatic carbocycles. The number of phenols is 1. The Hall–Kier alpha value is -2.00. The van der Waals surface area contributed by atoms with Crippen molar-refractivity contribution in [2.45, 2.75) is 6.92 Å². The van der Waals surface area contributed by atoms with E-state index >= 15 is 0 Å². The van der Waals surface area contributed by atoms with Crippen LogP contribution in [0.5, 0.6) is 11.5 Å². The van der Waals surface area contributed by atoms with Crippen molar-refractivity contribution < 1.29 is 19.4 Å². The van der Waals surface area contributed by atoms with Gasteiger partial charge in [-0.15, -0.1) is 0 Å². The molecule has 1 aliphatic heterocycles. The van der Waals surface area contributed by atoms with Crippen molar-refractivity contribution in [1.29, 1.82) is 0 Å². The fourth-order valence-corrected chi connectivity index (χ4v) is 3.75. The number of nitrogens with zero attached hydrogens (tertiary/aromatic N) is 1. The number of ether oxygens (including phenoxy) is 1. The third-order valence-electron chi connectivity index (χ3n) is 3.75. The molecule has 134 valence electrons. The van der Waals surface area contributed by atoms with E-state index in [1.165, 1.54) is 4.90 Å². The number of rotatable bonds is 5. The molecule has 2 aromatic rings. The van der Waals surface area contributed by atoms with E-state index in [0.29, 0.717) is 14.2 Å². The summed E-state index contributed by atoms with van der Waals surface area (Å²) >= 11 is 2.92. The monoisotopic (exact) mass is 481 g/mol.